The summed E-state index contributed by atoms with van der Waals surface area (Å²) in [4.78, 5) is 11.9. The molecule has 0 radical (unpaired) electrons. The lowest BCUT2D eigenvalue weighted by Gasteiger charge is -2.26. The van der Waals surface area contributed by atoms with Crippen LogP contribution in [-0.2, 0) is 10.3 Å². The maximum atomic E-state index is 11.9. The van der Waals surface area contributed by atoms with Crippen LogP contribution in [-0.4, -0.2) is 36.4 Å². The molecule has 2 amide bonds. The summed E-state index contributed by atoms with van der Waals surface area (Å²) >= 11 is 6.08. The van der Waals surface area contributed by atoms with E-state index in [-0.39, 0.29) is 24.7 Å². The molecule has 3 unspecified atom stereocenters. The molecule has 21 heavy (non-hydrogen) atoms. The van der Waals surface area contributed by atoms with Crippen molar-refractivity contribution in [2.24, 2.45) is 0 Å². The van der Waals surface area contributed by atoms with Gasteiger partial charge in [-0.3, -0.25) is 0 Å². The van der Waals surface area contributed by atoms with Crippen LogP contribution in [0.1, 0.15) is 25.8 Å². The van der Waals surface area contributed by atoms with Crippen molar-refractivity contribution in [2.75, 3.05) is 13.2 Å². The third-order valence-electron chi connectivity index (χ3n) is 3.74. The first-order chi connectivity index (χ1) is 9.90. The first-order valence-electron chi connectivity index (χ1n) is 7.03. The van der Waals surface area contributed by atoms with Crippen LogP contribution in [0.2, 0.25) is 5.02 Å². The minimum absolute atomic E-state index is 0.00950. The number of halogens is 1. The molecular weight excluding hydrogens is 292 g/mol. The van der Waals surface area contributed by atoms with Gasteiger partial charge in [0, 0.05) is 17.2 Å². The molecule has 3 N–H and O–H groups in total. The standard InChI is InChI=1S/C15H21ClN2O3/c1-10-13(7-8-21-10)18-14(19)17-9-15(2,20)11-5-3-4-6-12(11)16/h3-6,10,13,20H,7-9H2,1-2H3,(H2,17,18,19). The van der Waals surface area contributed by atoms with E-state index in [0.717, 1.165) is 6.42 Å². The highest BCUT2D eigenvalue weighted by Crippen LogP contribution is 2.27. The van der Waals surface area contributed by atoms with Crippen molar-refractivity contribution in [1.82, 2.24) is 10.6 Å². The number of aliphatic hydroxyl groups is 1. The molecule has 1 saturated heterocycles. The number of ether oxygens (including phenoxy) is 1. The van der Waals surface area contributed by atoms with Gasteiger partial charge < -0.3 is 20.5 Å². The Labute approximate surface area is 129 Å². The van der Waals surface area contributed by atoms with Crippen LogP contribution in [0.3, 0.4) is 0 Å². The zero-order valence-corrected chi connectivity index (χ0v) is 13.0. The topological polar surface area (TPSA) is 70.6 Å². The third-order valence-corrected chi connectivity index (χ3v) is 4.07. The van der Waals surface area contributed by atoms with Gasteiger partial charge in [0.25, 0.3) is 0 Å². The molecule has 2 rings (SSSR count). The third kappa shape index (κ3) is 4.09. The molecular formula is C15H21ClN2O3. The number of rotatable bonds is 4. The van der Waals surface area contributed by atoms with Gasteiger partial charge in [0.2, 0.25) is 0 Å². The monoisotopic (exact) mass is 312 g/mol. The van der Waals surface area contributed by atoms with Crippen molar-refractivity contribution in [3.8, 4) is 0 Å². The fraction of sp³-hybridized carbons (Fsp3) is 0.533. The van der Waals surface area contributed by atoms with Gasteiger partial charge in [-0.05, 0) is 26.3 Å². The van der Waals surface area contributed by atoms with Crippen molar-refractivity contribution in [3.63, 3.8) is 0 Å². The van der Waals surface area contributed by atoms with Gasteiger partial charge >= 0.3 is 6.03 Å². The van der Waals surface area contributed by atoms with Gasteiger partial charge in [-0.15, -0.1) is 0 Å². The summed E-state index contributed by atoms with van der Waals surface area (Å²) in [7, 11) is 0. The number of hydrogen-bond acceptors (Lipinski definition) is 3. The van der Waals surface area contributed by atoms with Gasteiger partial charge in [-0.25, -0.2) is 4.79 Å². The van der Waals surface area contributed by atoms with E-state index >= 15 is 0 Å². The molecule has 3 atom stereocenters. The Hall–Kier alpha value is -1.30. The quantitative estimate of drug-likeness (QED) is 0.796. The van der Waals surface area contributed by atoms with E-state index in [4.69, 9.17) is 16.3 Å². The molecule has 0 aromatic heterocycles. The Bertz CT molecular complexity index is 507. The zero-order chi connectivity index (χ0) is 15.5. The van der Waals surface area contributed by atoms with Gasteiger partial charge in [0.1, 0.15) is 5.60 Å². The normalized spacial score (nSPS) is 24.4. The molecule has 0 saturated carbocycles. The molecule has 0 spiro atoms. The largest absolute Gasteiger partial charge is 0.384 e. The first kappa shape index (κ1) is 16.1. The van der Waals surface area contributed by atoms with E-state index in [9.17, 15) is 9.90 Å². The lowest BCUT2D eigenvalue weighted by atomic mass is 9.96. The number of carbonyl (C=O) groups excluding carboxylic acids is 1. The molecule has 6 heteroatoms. The highest BCUT2D eigenvalue weighted by atomic mass is 35.5. The number of hydrogen-bond donors (Lipinski definition) is 3. The SMILES string of the molecule is CC1OCCC1NC(=O)NCC(C)(O)c1ccccc1Cl. The summed E-state index contributed by atoms with van der Waals surface area (Å²) in [5.74, 6) is 0. The van der Waals surface area contributed by atoms with E-state index in [2.05, 4.69) is 10.6 Å². The summed E-state index contributed by atoms with van der Waals surface area (Å²) in [6.45, 7) is 4.28. The van der Waals surface area contributed by atoms with Crippen LogP contribution in [0, 0.1) is 0 Å². The van der Waals surface area contributed by atoms with Crippen molar-refractivity contribution in [3.05, 3.63) is 34.9 Å². The molecule has 1 fully saturated rings. The highest BCUT2D eigenvalue weighted by Gasteiger charge is 2.28. The van der Waals surface area contributed by atoms with Gasteiger partial charge in [0.15, 0.2) is 0 Å². The predicted molar refractivity (Wildman–Crippen MR) is 81.4 cm³/mol. The lowest BCUT2D eigenvalue weighted by Crippen LogP contribution is -2.48. The number of benzene rings is 1. The van der Waals surface area contributed by atoms with Crippen LogP contribution in [0.4, 0.5) is 4.79 Å². The number of amides is 2. The van der Waals surface area contributed by atoms with Gasteiger partial charge in [-0.2, -0.15) is 0 Å². The Morgan fingerprint density at radius 1 is 1.52 bits per heavy atom. The summed E-state index contributed by atoms with van der Waals surface area (Å²) in [5, 5.41) is 16.5. The minimum Gasteiger partial charge on any atom is -0.384 e. The van der Waals surface area contributed by atoms with E-state index in [1.165, 1.54) is 0 Å². The van der Waals surface area contributed by atoms with E-state index in [0.29, 0.717) is 17.2 Å². The molecule has 5 nitrogen and oxygen atoms in total. The maximum absolute atomic E-state index is 11.9. The first-order valence-corrected chi connectivity index (χ1v) is 7.41. The maximum Gasteiger partial charge on any atom is 0.315 e. The van der Waals surface area contributed by atoms with E-state index < -0.39 is 5.60 Å². The van der Waals surface area contributed by atoms with E-state index in [1.807, 2.05) is 6.92 Å². The van der Waals surface area contributed by atoms with Gasteiger partial charge in [0.05, 0.1) is 18.7 Å². The minimum atomic E-state index is -1.23. The molecule has 1 aliphatic rings. The lowest BCUT2D eigenvalue weighted by molar-refractivity contribution is 0.0591. The van der Waals surface area contributed by atoms with Crippen LogP contribution < -0.4 is 10.6 Å². The summed E-state index contributed by atoms with van der Waals surface area (Å²) in [6, 6.07) is 6.74. The molecule has 0 aliphatic carbocycles. The molecule has 1 heterocycles. The van der Waals surface area contributed by atoms with Crippen molar-refractivity contribution in [2.45, 2.75) is 38.0 Å². The van der Waals surface area contributed by atoms with Crippen LogP contribution >= 0.6 is 11.6 Å². The van der Waals surface area contributed by atoms with Crippen molar-refractivity contribution in [1.29, 1.82) is 0 Å². The predicted octanol–water partition coefficient (Wildman–Crippen LogP) is 2.02. The smallest absolute Gasteiger partial charge is 0.315 e. The molecule has 1 aliphatic heterocycles. The Morgan fingerprint density at radius 2 is 2.24 bits per heavy atom. The Kier molecular flexibility index (Phi) is 5.08. The second-order valence-corrected chi connectivity index (χ2v) is 5.96. The Balaban J connectivity index is 1.89. The number of urea groups is 1. The molecule has 1 aromatic rings. The zero-order valence-electron chi connectivity index (χ0n) is 12.2. The van der Waals surface area contributed by atoms with Crippen molar-refractivity contribution < 1.29 is 14.6 Å². The summed E-state index contributed by atoms with van der Waals surface area (Å²) in [5.41, 5.74) is -0.641. The second-order valence-electron chi connectivity index (χ2n) is 5.55. The van der Waals surface area contributed by atoms with E-state index in [1.54, 1.807) is 31.2 Å². The van der Waals surface area contributed by atoms with Crippen molar-refractivity contribution >= 4 is 17.6 Å². The van der Waals surface area contributed by atoms with Crippen LogP contribution in [0.5, 0.6) is 0 Å². The summed E-state index contributed by atoms with van der Waals surface area (Å²) in [6.07, 6.45) is 0.815. The van der Waals surface area contributed by atoms with Gasteiger partial charge in [-0.1, -0.05) is 29.8 Å². The number of carbonyl (C=O) groups is 1. The highest BCUT2D eigenvalue weighted by molar-refractivity contribution is 6.31. The summed E-state index contributed by atoms with van der Waals surface area (Å²) < 4.78 is 5.39. The van der Waals surface area contributed by atoms with Crippen LogP contribution in [0.25, 0.3) is 0 Å². The fourth-order valence-corrected chi connectivity index (χ4v) is 2.73. The van der Waals surface area contributed by atoms with Crippen LogP contribution in [0.15, 0.2) is 24.3 Å². The average molecular weight is 313 g/mol. The number of nitrogens with one attached hydrogen (secondary N) is 2. The Morgan fingerprint density at radius 3 is 2.86 bits per heavy atom. The fourth-order valence-electron chi connectivity index (χ4n) is 2.39. The molecule has 1 aromatic carbocycles. The average Bonchev–Trinajstić information content (AvgIpc) is 2.82. The second kappa shape index (κ2) is 6.64. The molecule has 0 bridgehead atoms. The molecule has 116 valence electrons.